The van der Waals surface area contributed by atoms with Gasteiger partial charge in [0.25, 0.3) is 0 Å². The first-order valence-corrected chi connectivity index (χ1v) is 11.5. The Bertz CT molecular complexity index is 1060. The summed E-state index contributed by atoms with van der Waals surface area (Å²) in [5.41, 5.74) is 1.77. The average molecular weight is 509 g/mol. The van der Waals surface area contributed by atoms with E-state index in [0.29, 0.717) is 5.75 Å². The SMILES string of the molecule is COc1c(OS(=O)(=O)c2cccc(Cl)c2Cl)cc(C)cc1C1CCN(C=NN)CC1.Cl. The second kappa shape index (κ2) is 10.6. The molecule has 0 bridgehead atoms. The van der Waals surface area contributed by atoms with Gasteiger partial charge in [-0.2, -0.15) is 13.5 Å². The molecule has 1 saturated heterocycles. The topological polar surface area (TPSA) is 94.2 Å². The number of benzene rings is 2. The lowest BCUT2D eigenvalue weighted by Crippen LogP contribution is -2.32. The van der Waals surface area contributed by atoms with Crippen molar-refractivity contribution >= 4 is 52.1 Å². The number of nitrogens with zero attached hydrogens (tertiary/aromatic N) is 2. The van der Waals surface area contributed by atoms with Crippen molar-refractivity contribution in [2.75, 3.05) is 20.2 Å². The van der Waals surface area contributed by atoms with E-state index in [4.69, 9.17) is 38.0 Å². The number of hydrazone groups is 1. The van der Waals surface area contributed by atoms with Crippen LogP contribution in [-0.2, 0) is 10.1 Å². The minimum absolute atomic E-state index is 0. The van der Waals surface area contributed by atoms with Crippen molar-refractivity contribution in [1.29, 1.82) is 0 Å². The van der Waals surface area contributed by atoms with Gasteiger partial charge in [0, 0.05) is 18.7 Å². The van der Waals surface area contributed by atoms with Gasteiger partial charge in [-0.05, 0) is 49.4 Å². The molecule has 1 fully saturated rings. The number of likely N-dealkylation sites (tertiary alicyclic amines) is 1. The van der Waals surface area contributed by atoms with E-state index in [-0.39, 0.29) is 39.0 Å². The maximum absolute atomic E-state index is 12.9. The number of halogens is 3. The molecule has 31 heavy (non-hydrogen) atoms. The van der Waals surface area contributed by atoms with E-state index in [2.05, 4.69) is 5.10 Å². The Labute approximate surface area is 198 Å². The number of hydrogen-bond acceptors (Lipinski definition) is 6. The molecule has 7 nitrogen and oxygen atoms in total. The van der Waals surface area contributed by atoms with Crippen molar-refractivity contribution in [2.45, 2.75) is 30.6 Å². The van der Waals surface area contributed by atoms with Gasteiger partial charge in [0.2, 0.25) is 0 Å². The lowest BCUT2D eigenvalue weighted by molar-refractivity contribution is 0.311. The van der Waals surface area contributed by atoms with E-state index < -0.39 is 10.1 Å². The van der Waals surface area contributed by atoms with Crippen LogP contribution in [0.2, 0.25) is 10.0 Å². The molecule has 2 aromatic rings. The van der Waals surface area contributed by atoms with Gasteiger partial charge in [0.15, 0.2) is 11.5 Å². The Morgan fingerprint density at radius 3 is 2.52 bits per heavy atom. The van der Waals surface area contributed by atoms with Crippen LogP contribution in [0.3, 0.4) is 0 Å². The van der Waals surface area contributed by atoms with Crippen LogP contribution in [0.1, 0.15) is 29.9 Å². The van der Waals surface area contributed by atoms with Gasteiger partial charge in [-0.15, -0.1) is 12.4 Å². The third kappa shape index (κ3) is 5.68. The molecule has 0 saturated carbocycles. The first-order chi connectivity index (χ1) is 14.3. The predicted molar refractivity (Wildman–Crippen MR) is 125 cm³/mol. The maximum Gasteiger partial charge on any atom is 0.340 e. The highest BCUT2D eigenvalue weighted by Crippen LogP contribution is 2.42. The smallest absolute Gasteiger partial charge is 0.340 e. The number of piperidine rings is 1. The molecule has 2 N–H and O–H groups in total. The summed E-state index contributed by atoms with van der Waals surface area (Å²) in [4.78, 5) is 1.85. The fraction of sp³-hybridized carbons (Fsp3) is 0.350. The molecular weight excluding hydrogens is 485 g/mol. The summed E-state index contributed by atoms with van der Waals surface area (Å²) in [5.74, 6) is 5.93. The van der Waals surface area contributed by atoms with Crippen LogP contribution in [0.15, 0.2) is 40.3 Å². The minimum Gasteiger partial charge on any atom is -0.492 e. The third-order valence-electron chi connectivity index (χ3n) is 5.02. The van der Waals surface area contributed by atoms with Crippen LogP contribution in [-0.4, -0.2) is 39.9 Å². The highest BCUT2D eigenvalue weighted by molar-refractivity contribution is 7.87. The third-order valence-corrected chi connectivity index (χ3v) is 7.23. The lowest BCUT2D eigenvalue weighted by Gasteiger charge is -2.31. The molecule has 0 amide bonds. The average Bonchev–Trinajstić information content (AvgIpc) is 2.70. The van der Waals surface area contributed by atoms with E-state index in [1.165, 1.54) is 25.3 Å². The van der Waals surface area contributed by atoms with Crippen LogP contribution in [0.25, 0.3) is 0 Å². The summed E-state index contributed by atoms with van der Waals surface area (Å²) in [6, 6.07) is 8.00. The van der Waals surface area contributed by atoms with Crippen molar-refractivity contribution in [3.63, 3.8) is 0 Å². The second-order valence-corrected chi connectivity index (χ2v) is 9.35. The minimum atomic E-state index is -4.22. The first kappa shape index (κ1) is 25.4. The van der Waals surface area contributed by atoms with Gasteiger partial charge in [0.05, 0.1) is 17.2 Å². The summed E-state index contributed by atoms with van der Waals surface area (Å²) >= 11 is 12.1. The van der Waals surface area contributed by atoms with Crippen LogP contribution >= 0.6 is 35.6 Å². The van der Waals surface area contributed by atoms with E-state index in [1.807, 2.05) is 17.9 Å². The number of ether oxygens (including phenoxy) is 1. The first-order valence-electron chi connectivity index (χ1n) is 9.31. The number of hydrogen-bond donors (Lipinski definition) is 1. The second-order valence-electron chi connectivity index (χ2n) is 7.05. The van der Waals surface area contributed by atoms with Crippen LogP contribution in [0.5, 0.6) is 11.5 Å². The molecule has 3 rings (SSSR count). The zero-order valence-corrected chi connectivity index (χ0v) is 20.2. The molecule has 0 atom stereocenters. The van der Waals surface area contributed by atoms with Crippen molar-refractivity contribution < 1.29 is 17.3 Å². The zero-order valence-electron chi connectivity index (χ0n) is 17.0. The normalized spacial score (nSPS) is 15.0. The Kier molecular flexibility index (Phi) is 8.71. The molecule has 1 aliphatic heterocycles. The van der Waals surface area contributed by atoms with Crippen LogP contribution in [0.4, 0.5) is 0 Å². The molecule has 2 aromatic carbocycles. The van der Waals surface area contributed by atoms with Crippen LogP contribution in [0, 0.1) is 6.92 Å². The largest absolute Gasteiger partial charge is 0.492 e. The quantitative estimate of drug-likeness (QED) is 0.202. The standard InChI is InChI=1S/C20H23Cl2N3O4S.ClH/c1-13-10-15(14-6-8-25(9-7-14)12-24-23)20(28-2)17(11-13)29-30(26,27)18-5-3-4-16(21)19(18)22;/h3-5,10-12,14H,6-9,23H2,1-2H3;1H. The highest BCUT2D eigenvalue weighted by atomic mass is 35.5. The number of methoxy groups -OCH3 is 1. The Morgan fingerprint density at radius 1 is 1.23 bits per heavy atom. The van der Waals surface area contributed by atoms with E-state index in [0.717, 1.165) is 37.1 Å². The van der Waals surface area contributed by atoms with Crippen molar-refractivity contribution in [1.82, 2.24) is 4.90 Å². The summed E-state index contributed by atoms with van der Waals surface area (Å²) in [6.07, 6.45) is 3.32. The molecule has 0 unspecified atom stereocenters. The maximum atomic E-state index is 12.9. The Hall–Kier alpha value is -1.87. The monoisotopic (exact) mass is 507 g/mol. The van der Waals surface area contributed by atoms with E-state index >= 15 is 0 Å². The summed E-state index contributed by atoms with van der Waals surface area (Å²) in [6.45, 7) is 3.45. The number of rotatable bonds is 6. The number of nitrogens with two attached hydrogens (primary N) is 1. The van der Waals surface area contributed by atoms with Crippen molar-refractivity contribution in [2.24, 2.45) is 10.9 Å². The van der Waals surface area contributed by atoms with Gasteiger partial charge < -0.3 is 19.7 Å². The Morgan fingerprint density at radius 2 is 1.90 bits per heavy atom. The molecule has 1 aliphatic rings. The van der Waals surface area contributed by atoms with E-state index in [9.17, 15) is 8.42 Å². The summed E-state index contributed by atoms with van der Waals surface area (Å²) < 4.78 is 36.9. The number of aryl methyl sites for hydroxylation is 1. The molecule has 0 spiro atoms. The lowest BCUT2D eigenvalue weighted by atomic mass is 9.88. The highest BCUT2D eigenvalue weighted by Gasteiger charge is 2.28. The molecule has 1 heterocycles. The fourth-order valence-corrected chi connectivity index (χ4v) is 5.28. The zero-order chi connectivity index (χ0) is 21.9. The molecule has 0 radical (unpaired) electrons. The van der Waals surface area contributed by atoms with Crippen molar-refractivity contribution in [3.8, 4) is 11.5 Å². The fourth-order valence-electron chi connectivity index (χ4n) is 3.61. The van der Waals surface area contributed by atoms with Gasteiger partial charge in [-0.25, -0.2) is 0 Å². The van der Waals surface area contributed by atoms with E-state index in [1.54, 1.807) is 12.4 Å². The van der Waals surface area contributed by atoms with Crippen molar-refractivity contribution in [3.05, 3.63) is 51.5 Å². The summed E-state index contributed by atoms with van der Waals surface area (Å²) in [5, 5.41) is 3.62. The van der Waals surface area contributed by atoms with Crippen LogP contribution < -0.4 is 14.8 Å². The molecule has 170 valence electrons. The predicted octanol–water partition coefficient (Wildman–Crippen LogP) is 4.58. The molecule has 0 aromatic heterocycles. The Balaban J connectivity index is 0.00000341. The molecule has 0 aliphatic carbocycles. The van der Waals surface area contributed by atoms with Gasteiger partial charge >= 0.3 is 10.1 Å². The summed E-state index contributed by atoms with van der Waals surface area (Å²) in [7, 11) is -2.72. The molecular formula is C20H24Cl3N3O4S. The van der Waals surface area contributed by atoms with Gasteiger partial charge in [0.1, 0.15) is 11.2 Å². The van der Waals surface area contributed by atoms with Gasteiger partial charge in [-0.1, -0.05) is 35.3 Å². The van der Waals surface area contributed by atoms with Gasteiger partial charge in [-0.3, -0.25) is 0 Å². The molecule has 11 heteroatoms.